The Morgan fingerprint density at radius 2 is 1.24 bits per heavy atom. The second-order valence-electron chi connectivity index (χ2n) is 7.27. The van der Waals surface area contributed by atoms with Gasteiger partial charge in [0.1, 0.15) is 11.5 Å². The Kier molecular flexibility index (Phi) is 14.7. The average Bonchev–Trinajstić information content (AvgIpc) is 2.82. The van der Waals surface area contributed by atoms with E-state index in [1.54, 1.807) is 30.3 Å². The quantitative estimate of drug-likeness (QED) is 0.189. The summed E-state index contributed by atoms with van der Waals surface area (Å²) in [5.74, 6) is 0.429. The van der Waals surface area contributed by atoms with Gasteiger partial charge in [-0.2, -0.15) is 0 Å². The molecule has 0 radical (unpaired) electrons. The van der Waals surface area contributed by atoms with Crippen LogP contribution in [0.2, 0.25) is 0 Å². The monoisotopic (exact) mass is 448 g/mol. The first kappa shape index (κ1) is 29.7. The van der Waals surface area contributed by atoms with Crippen molar-refractivity contribution in [3.63, 3.8) is 0 Å². The second kappa shape index (κ2) is 16.3. The highest BCUT2D eigenvalue weighted by Crippen LogP contribution is 2.39. The molecule has 3 aromatic rings. The van der Waals surface area contributed by atoms with Crippen molar-refractivity contribution in [3.05, 3.63) is 108 Å². The Hall–Kier alpha value is -3.33. The van der Waals surface area contributed by atoms with Gasteiger partial charge in [-0.3, -0.25) is 4.79 Å². The highest BCUT2D eigenvalue weighted by Gasteiger charge is 2.31. The third kappa shape index (κ3) is 9.36. The van der Waals surface area contributed by atoms with Crippen molar-refractivity contribution >= 4 is 5.97 Å². The molecule has 0 aromatic heterocycles. The van der Waals surface area contributed by atoms with E-state index in [-0.39, 0.29) is 11.7 Å². The predicted octanol–water partition coefficient (Wildman–Crippen LogP) is 8.31. The molecule has 0 spiro atoms. The molecule has 0 amide bonds. The van der Waals surface area contributed by atoms with Crippen LogP contribution in [0, 0.1) is 0 Å². The maximum Gasteiger partial charge on any atom is 0.308 e. The average molecular weight is 449 g/mol. The standard InChI is InChI=1S/C22H20O3.C3H8.C3H6.C2H6/c1-16(23)25-21-14-10-19(11-15-21)22(2,17-6-4-3-5-7-17)18-8-12-20(24)13-9-18;2*1-3-2;1-2/h3-15,24H,1-2H3;3H2,1-2H3;3H,1H2,2H3;1-2H3. The Balaban J connectivity index is 0.00000113. The van der Waals surface area contributed by atoms with Crippen LogP contribution in [-0.2, 0) is 10.2 Å². The maximum absolute atomic E-state index is 11.1. The Labute approximate surface area is 200 Å². The Morgan fingerprint density at radius 3 is 1.64 bits per heavy atom. The van der Waals surface area contributed by atoms with Crippen molar-refractivity contribution < 1.29 is 14.6 Å². The number of carbonyl (C=O) groups excluding carboxylic acids is 1. The van der Waals surface area contributed by atoms with Gasteiger partial charge in [0, 0.05) is 12.3 Å². The summed E-state index contributed by atoms with van der Waals surface area (Å²) in [7, 11) is 0. The van der Waals surface area contributed by atoms with Gasteiger partial charge in [0.15, 0.2) is 0 Å². The fourth-order valence-corrected chi connectivity index (χ4v) is 3.09. The minimum absolute atomic E-state index is 0.240. The minimum atomic E-state index is -0.399. The van der Waals surface area contributed by atoms with Crippen molar-refractivity contribution in [1.82, 2.24) is 0 Å². The normalized spacial score (nSPS) is 11.0. The molecule has 0 bridgehead atoms. The summed E-state index contributed by atoms with van der Waals surface area (Å²) >= 11 is 0. The lowest BCUT2D eigenvalue weighted by Gasteiger charge is -2.32. The van der Waals surface area contributed by atoms with E-state index in [1.165, 1.54) is 13.3 Å². The summed E-state index contributed by atoms with van der Waals surface area (Å²) in [5, 5.41) is 9.64. The van der Waals surface area contributed by atoms with Crippen molar-refractivity contribution in [1.29, 1.82) is 0 Å². The van der Waals surface area contributed by atoms with E-state index in [9.17, 15) is 9.90 Å². The molecule has 178 valence electrons. The number of hydrogen-bond acceptors (Lipinski definition) is 3. The predicted molar refractivity (Wildman–Crippen MR) is 141 cm³/mol. The molecular formula is C30H40O3. The molecule has 0 saturated carbocycles. The van der Waals surface area contributed by atoms with Crippen molar-refractivity contribution in [2.75, 3.05) is 0 Å². The van der Waals surface area contributed by atoms with Gasteiger partial charge in [-0.15, -0.1) is 6.58 Å². The first-order valence-corrected chi connectivity index (χ1v) is 11.5. The number of phenols is 1. The molecule has 1 unspecified atom stereocenters. The van der Waals surface area contributed by atoms with E-state index in [0.717, 1.165) is 16.7 Å². The Morgan fingerprint density at radius 1 is 0.879 bits per heavy atom. The van der Waals surface area contributed by atoms with Gasteiger partial charge in [0.05, 0.1) is 0 Å². The van der Waals surface area contributed by atoms with Gasteiger partial charge in [0.2, 0.25) is 0 Å². The summed E-state index contributed by atoms with van der Waals surface area (Å²) in [6, 6.07) is 25.0. The molecule has 3 aromatic carbocycles. The van der Waals surface area contributed by atoms with Crippen LogP contribution in [0.1, 0.15) is 71.6 Å². The minimum Gasteiger partial charge on any atom is -0.508 e. The van der Waals surface area contributed by atoms with Gasteiger partial charge in [-0.1, -0.05) is 94.8 Å². The number of phenolic OH excluding ortho intramolecular Hbond substituents is 1. The maximum atomic E-state index is 11.1. The summed E-state index contributed by atoms with van der Waals surface area (Å²) in [5.41, 5.74) is 2.88. The van der Waals surface area contributed by atoms with Crippen LogP contribution in [0.25, 0.3) is 0 Å². The molecule has 1 N–H and O–H groups in total. The fourth-order valence-electron chi connectivity index (χ4n) is 3.09. The third-order valence-corrected chi connectivity index (χ3v) is 4.49. The molecule has 33 heavy (non-hydrogen) atoms. The topological polar surface area (TPSA) is 46.5 Å². The van der Waals surface area contributed by atoms with Crippen molar-refractivity contribution in [2.24, 2.45) is 0 Å². The molecule has 0 aliphatic heterocycles. The summed E-state index contributed by atoms with van der Waals surface area (Å²) < 4.78 is 5.14. The largest absolute Gasteiger partial charge is 0.508 e. The van der Waals surface area contributed by atoms with Crippen LogP contribution < -0.4 is 4.74 Å². The molecule has 3 heteroatoms. The van der Waals surface area contributed by atoms with Gasteiger partial charge in [0.25, 0.3) is 0 Å². The van der Waals surface area contributed by atoms with E-state index in [1.807, 2.05) is 63.2 Å². The molecule has 3 nitrogen and oxygen atoms in total. The van der Waals surface area contributed by atoms with E-state index >= 15 is 0 Å². The van der Waals surface area contributed by atoms with Gasteiger partial charge < -0.3 is 9.84 Å². The third-order valence-electron chi connectivity index (χ3n) is 4.49. The molecule has 0 heterocycles. The molecular weight excluding hydrogens is 408 g/mol. The number of benzene rings is 3. The van der Waals surface area contributed by atoms with E-state index < -0.39 is 5.41 Å². The van der Waals surface area contributed by atoms with Crippen LogP contribution >= 0.6 is 0 Å². The number of hydrogen-bond donors (Lipinski definition) is 1. The van der Waals surface area contributed by atoms with Crippen LogP contribution in [0.3, 0.4) is 0 Å². The van der Waals surface area contributed by atoms with Gasteiger partial charge in [-0.25, -0.2) is 0 Å². The number of rotatable bonds is 4. The summed E-state index contributed by atoms with van der Waals surface area (Å²) in [6.45, 7) is 17.0. The Bertz CT molecular complexity index is 913. The molecule has 0 aliphatic carbocycles. The molecule has 3 rings (SSSR count). The second-order valence-corrected chi connectivity index (χ2v) is 7.27. The lowest BCUT2D eigenvalue weighted by atomic mass is 9.71. The number of ether oxygens (including phenoxy) is 1. The van der Waals surface area contributed by atoms with Crippen LogP contribution in [0.4, 0.5) is 0 Å². The van der Waals surface area contributed by atoms with E-state index in [2.05, 4.69) is 39.5 Å². The highest BCUT2D eigenvalue weighted by molar-refractivity contribution is 5.69. The zero-order valence-corrected chi connectivity index (χ0v) is 21.3. The lowest BCUT2D eigenvalue weighted by molar-refractivity contribution is -0.131. The number of aromatic hydroxyl groups is 1. The van der Waals surface area contributed by atoms with Crippen molar-refractivity contribution in [3.8, 4) is 11.5 Å². The van der Waals surface area contributed by atoms with Gasteiger partial charge in [-0.05, 0) is 54.8 Å². The van der Waals surface area contributed by atoms with E-state index in [4.69, 9.17) is 4.74 Å². The van der Waals surface area contributed by atoms with Crippen LogP contribution in [0.15, 0.2) is 91.5 Å². The summed E-state index contributed by atoms with van der Waals surface area (Å²) in [4.78, 5) is 11.1. The lowest BCUT2D eigenvalue weighted by Crippen LogP contribution is -2.25. The number of esters is 1. The van der Waals surface area contributed by atoms with Crippen LogP contribution in [-0.4, -0.2) is 11.1 Å². The highest BCUT2D eigenvalue weighted by atomic mass is 16.5. The first-order chi connectivity index (χ1) is 15.8. The fraction of sp³-hybridized carbons (Fsp3) is 0.300. The van der Waals surface area contributed by atoms with E-state index in [0.29, 0.717) is 5.75 Å². The van der Waals surface area contributed by atoms with Crippen LogP contribution in [0.5, 0.6) is 11.5 Å². The summed E-state index contributed by atoms with van der Waals surface area (Å²) in [6.07, 6.45) is 3.00. The number of carbonyl (C=O) groups is 1. The molecule has 1 atom stereocenters. The zero-order valence-electron chi connectivity index (χ0n) is 21.3. The zero-order chi connectivity index (χ0) is 25.3. The van der Waals surface area contributed by atoms with Crippen molar-refractivity contribution in [2.45, 2.75) is 60.3 Å². The smallest absolute Gasteiger partial charge is 0.308 e. The number of allylic oxidation sites excluding steroid dienone is 1. The van der Waals surface area contributed by atoms with Gasteiger partial charge >= 0.3 is 5.97 Å². The molecule has 0 fully saturated rings. The SMILES string of the molecule is C=CC.CC.CC(=O)Oc1ccc(C(C)(c2ccccc2)c2ccc(O)cc2)cc1.CCC. The molecule has 0 aliphatic rings. The molecule has 0 saturated heterocycles. The first-order valence-electron chi connectivity index (χ1n) is 11.5.